The van der Waals surface area contributed by atoms with Gasteiger partial charge in [0.2, 0.25) is 17.7 Å². The summed E-state index contributed by atoms with van der Waals surface area (Å²) in [5.41, 5.74) is 1.91. The molecule has 0 aromatic heterocycles. The molecule has 0 saturated carbocycles. The number of benzene rings is 2. The lowest BCUT2D eigenvalue weighted by atomic mass is 9.92. The molecule has 0 aliphatic carbocycles. The predicted molar refractivity (Wildman–Crippen MR) is 197 cm³/mol. The Labute approximate surface area is 297 Å². The number of para-hydroxylation sites is 2. The summed E-state index contributed by atoms with van der Waals surface area (Å²) in [4.78, 5) is 51.0. The highest BCUT2D eigenvalue weighted by molar-refractivity contribution is 8.01. The van der Waals surface area contributed by atoms with Gasteiger partial charge in [0.1, 0.15) is 16.9 Å². The molecular formula is C38H55FN6O3S. The molecule has 2 aromatic carbocycles. The quantitative estimate of drug-likeness (QED) is 0.398. The van der Waals surface area contributed by atoms with Crippen LogP contribution in [0, 0.1) is 11.2 Å². The first-order valence-corrected chi connectivity index (χ1v) is 18.8. The van der Waals surface area contributed by atoms with Crippen LogP contribution in [0.2, 0.25) is 0 Å². The number of rotatable bonds is 7. The third-order valence-corrected chi connectivity index (χ3v) is 12.1. The van der Waals surface area contributed by atoms with Crippen molar-refractivity contribution in [2.75, 3.05) is 62.2 Å². The number of anilines is 2. The van der Waals surface area contributed by atoms with Crippen molar-refractivity contribution < 1.29 is 20.2 Å². The third kappa shape index (κ3) is 7.58. The molecule has 1 spiro atoms. The average Bonchev–Trinajstić information content (AvgIpc) is 3.54. The molecule has 268 valence electrons. The van der Waals surface area contributed by atoms with Crippen LogP contribution in [0.25, 0.3) is 0 Å². The second kappa shape index (κ2) is 13.8. The van der Waals surface area contributed by atoms with Crippen molar-refractivity contribution in [3.63, 3.8) is 0 Å². The van der Waals surface area contributed by atoms with E-state index in [0.717, 1.165) is 30.8 Å². The topological polar surface area (TPSA) is 79.4 Å². The Hall–Kier alpha value is -3.31. The molecule has 4 heterocycles. The van der Waals surface area contributed by atoms with Crippen molar-refractivity contribution in [1.82, 2.24) is 20.0 Å². The minimum Gasteiger partial charge on any atom is -0.366 e. The fraction of sp³-hybridized carbons (Fsp3) is 0.605. The number of hydrogen-bond donors (Lipinski definition) is 1. The Balaban J connectivity index is 0.00000486. The van der Waals surface area contributed by atoms with Gasteiger partial charge in [-0.25, -0.2) is 4.39 Å². The van der Waals surface area contributed by atoms with Crippen molar-refractivity contribution >= 4 is 40.9 Å². The van der Waals surface area contributed by atoms with E-state index in [4.69, 9.17) is 0 Å². The lowest BCUT2D eigenvalue weighted by Gasteiger charge is -2.45. The molecule has 0 radical (unpaired) electrons. The lowest BCUT2D eigenvalue weighted by molar-refractivity contribution is -0.137. The van der Waals surface area contributed by atoms with Gasteiger partial charge in [0, 0.05) is 83.3 Å². The van der Waals surface area contributed by atoms with Gasteiger partial charge in [0.15, 0.2) is 0 Å². The standard InChI is InChI=1S/C38H53FN6O3S.H2/c1-36(2,3)15-20-44-34(48)30(49-35(44)28-13-10-14-29(39)33(28)42-21-23-43(24-22-42)37(4,5)6)25-32(47)41-18-16-38(17-19-41)40-31(46)26-45(38)27-11-8-7-9-12-27;/h7-14,30,35H,15-26H2,1-6H3,(H,40,46);1H/t30-,35?;/m0./s1. The molecule has 2 atom stereocenters. The van der Waals surface area contributed by atoms with Crippen LogP contribution in [-0.2, 0) is 14.4 Å². The largest absolute Gasteiger partial charge is 0.366 e. The number of hydrogen-bond acceptors (Lipinski definition) is 7. The van der Waals surface area contributed by atoms with Crippen molar-refractivity contribution in [2.24, 2.45) is 5.41 Å². The second-order valence-electron chi connectivity index (χ2n) is 16.2. The molecule has 3 amide bonds. The Morgan fingerprint density at radius 1 is 0.939 bits per heavy atom. The van der Waals surface area contributed by atoms with Crippen LogP contribution in [0.3, 0.4) is 0 Å². The van der Waals surface area contributed by atoms with Crippen LogP contribution >= 0.6 is 11.8 Å². The van der Waals surface area contributed by atoms with Crippen LogP contribution in [-0.4, -0.2) is 101 Å². The van der Waals surface area contributed by atoms with Crippen molar-refractivity contribution in [3.05, 3.63) is 59.9 Å². The van der Waals surface area contributed by atoms with Gasteiger partial charge < -0.3 is 24.9 Å². The van der Waals surface area contributed by atoms with E-state index in [1.807, 2.05) is 46.2 Å². The second-order valence-corrected chi connectivity index (χ2v) is 17.5. The van der Waals surface area contributed by atoms with Gasteiger partial charge in [-0.15, -0.1) is 11.8 Å². The van der Waals surface area contributed by atoms with Crippen LogP contribution in [0.15, 0.2) is 48.5 Å². The Bertz CT molecular complexity index is 1530. The maximum Gasteiger partial charge on any atom is 0.241 e. The Kier molecular flexibility index (Phi) is 9.98. The summed E-state index contributed by atoms with van der Waals surface area (Å²) in [6.07, 6.45) is 2.12. The highest BCUT2D eigenvalue weighted by Gasteiger charge is 2.49. The monoisotopic (exact) mass is 694 g/mol. The third-order valence-electron chi connectivity index (χ3n) is 10.6. The van der Waals surface area contributed by atoms with Crippen LogP contribution in [0.5, 0.6) is 0 Å². The Morgan fingerprint density at radius 3 is 2.24 bits per heavy atom. The first-order chi connectivity index (χ1) is 23.1. The summed E-state index contributed by atoms with van der Waals surface area (Å²) in [6.45, 7) is 18.0. The van der Waals surface area contributed by atoms with E-state index in [1.165, 1.54) is 17.8 Å². The number of thioether (sulfide) groups is 1. The van der Waals surface area contributed by atoms with E-state index < -0.39 is 10.9 Å². The molecule has 2 aromatic rings. The van der Waals surface area contributed by atoms with Gasteiger partial charge in [-0.3, -0.25) is 19.3 Å². The summed E-state index contributed by atoms with van der Waals surface area (Å²) in [5.74, 6) is -0.376. The van der Waals surface area contributed by atoms with Crippen molar-refractivity contribution in [1.29, 1.82) is 0 Å². The van der Waals surface area contributed by atoms with Gasteiger partial charge >= 0.3 is 0 Å². The van der Waals surface area contributed by atoms with Crippen LogP contribution < -0.4 is 15.1 Å². The number of nitrogens with one attached hydrogen (secondary N) is 1. The van der Waals surface area contributed by atoms with Gasteiger partial charge in [-0.05, 0) is 50.8 Å². The number of nitrogens with zero attached hydrogens (tertiary/aromatic N) is 5. The fourth-order valence-corrected chi connectivity index (χ4v) is 9.22. The first kappa shape index (κ1) is 35.5. The zero-order chi connectivity index (χ0) is 35.1. The maximum absolute atomic E-state index is 15.8. The van der Waals surface area contributed by atoms with Crippen LogP contribution in [0.1, 0.15) is 79.6 Å². The molecular weight excluding hydrogens is 640 g/mol. The smallest absolute Gasteiger partial charge is 0.241 e. The molecule has 1 unspecified atom stereocenters. The summed E-state index contributed by atoms with van der Waals surface area (Å²) in [7, 11) is 0. The van der Waals surface area contributed by atoms with Crippen molar-refractivity contribution in [3.8, 4) is 0 Å². The predicted octanol–water partition coefficient (Wildman–Crippen LogP) is 5.72. The summed E-state index contributed by atoms with van der Waals surface area (Å²) in [6, 6.07) is 15.2. The van der Waals surface area contributed by atoms with Gasteiger partial charge in [-0.1, -0.05) is 51.1 Å². The molecule has 6 rings (SSSR count). The molecule has 49 heavy (non-hydrogen) atoms. The molecule has 9 nitrogen and oxygen atoms in total. The summed E-state index contributed by atoms with van der Waals surface area (Å²) in [5, 5.41) is 2.28. The molecule has 0 bridgehead atoms. The normalized spacial score (nSPS) is 23.5. The van der Waals surface area contributed by atoms with E-state index in [-0.39, 0.29) is 47.7 Å². The molecule has 4 saturated heterocycles. The summed E-state index contributed by atoms with van der Waals surface area (Å²) < 4.78 is 15.8. The number of likely N-dealkylation sites (tertiary alicyclic amines) is 1. The number of carbonyl (C=O) groups is 3. The zero-order valence-corrected chi connectivity index (χ0v) is 30.8. The SMILES string of the molecule is CC(C)(C)CCN1C(=O)[C@H](CC(=O)N2CCC3(CC2)NC(=O)CN3c2ccccc2)SC1c1cccc(F)c1N1CCN(C(C)(C)C)CC1.[HH]. The highest BCUT2D eigenvalue weighted by Crippen LogP contribution is 2.48. The van der Waals surface area contributed by atoms with Gasteiger partial charge in [0.25, 0.3) is 0 Å². The number of carbonyl (C=O) groups excluding carboxylic acids is 3. The van der Waals surface area contributed by atoms with Gasteiger partial charge in [-0.2, -0.15) is 0 Å². The van der Waals surface area contributed by atoms with Crippen LogP contribution in [0.4, 0.5) is 15.8 Å². The number of piperazine rings is 1. The average molecular weight is 695 g/mol. The maximum atomic E-state index is 15.8. The Morgan fingerprint density at radius 2 is 1.61 bits per heavy atom. The minimum atomic E-state index is -0.547. The highest BCUT2D eigenvalue weighted by atomic mass is 32.2. The van der Waals surface area contributed by atoms with E-state index in [9.17, 15) is 14.4 Å². The van der Waals surface area contributed by atoms with Crippen molar-refractivity contribution in [2.45, 2.75) is 89.1 Å². The number of halogens is 1. The van der Waals surface area contributed by atoms with E-state index in [0.29, 0.717) is 57.8 Å². The van der Waals surface area contributed by atoms with Gasteiger partial charge in [0.05, 0.1) is 17.5 Å². The molecule has 4 fully saturated rings. The number of amides is 3. The molecule has 4 aliphatic heterocycles. The lowest BCUT2D eigenvalue weighted by Crippen LogP contribution is -2.59. The number of piperidine rings is 1. The minimum absolute atomic E-state index is 0. The molecule has 4 aliphatic rings. The first-order valence-electron chi connectivity index (χ1n) is 17.8. The van der Waals surface area contributed by atoms with E-state index in [2.05, 4.69) is 61.6 Å². The van der Waals surface area contributed by atoms with E-state index in [1.54, 1.807) is 6.07 Å². The van der Waals surface area contributed by atoms with E-state index >= 15 is 4.39 Å². The summed E-state index contributed by atoms with van der Waals surface area (Å²) >= 11 is 1.49. The molecule has 1 N–H and O–H groups in total. The molecule has 11 heteroatoms. The zero-order valence-electron chi connectivity index (χ0n) is 30.0. The fourth-order valence-electron chi connectivity index (χ4n) is 7.73.